The maximum atomic E-state index is 12.8. The molecule has 0 spiro atoms. The Kier molecular flexibility index (Phi) is 6.18. The summed E-state index contributed by atoms with van der Waals surface area (Å²) in [6, 6.07) is 12.9. The second kappa shape index (κ2) is 9.00. The van der Waals surface area contributed by atoms with Crippen molar-refractivity contribution in [1.82, 2.24) is 19.8 Å². The van der Waals surface area contributed by atoms with Crippen LogP contribution in [0.3, 0.4) is 0 Å². The van der Waals surface area contributed by atoms with E-state index in [1.165, 1.54) is 16.5 Å². The summed E-state index contributed by atoms with van der Waals surface area (Å²) in [5.41, 5.74) is 5.67. The molecule has 3 aromatic rings. The molecule has 0 unspecified atom stereocenters. The highest BCUT2D eigenvalue weighted by atomic mass is 16.2. The maximum Gasteiger partial charge on any atom is 0.222 e. The first kappa shape index (κ1) is 20.6. The second-order valence-electron chi connectivity index (χ2n) is 8.64. The van der Waals surface area contributed by atoms with Crippen molar-refractivity contribution in [2.75, 3.05) is 27.2 Å². The molecule has 3 heterocycles. The number of likely N-dealkylation sites (tertiary alicyclic amines) is 1. The van der Waals surface area contributed by atoms with Crippen molar-refractivity contribution in [2.45, 2.75) is 45.1 Å². The first-order valence-electron chi connectivity index (χ1n) is 11.0. The van der Waals surface area contributed by atoms with Crippen LogP contribution in [0.25, 0.3) is 22.3 Å². The Labute approximate surface area is 179 Å². The zero-order chi connectivity index (χ0) is 21.1. The van der Waals surface area contributed by atoms with Crippen LogP contribution in [0.4, 0.5) is 0 Å². The van der Waals surface area contributed by atoms with Crippen LogP contribution in [-0.4, -0.2) is 58.9 Å². The van der Waals surface area contributed by atoms with Crippen LogP contribution >= 0.6 is 0 Å². The molecular formula is C25H32N4O. The number of benzene rings is 1. The number of nitrogens with zero attached hydrogens (tertiary/aromatic N) is 3. The Morgan fingerprint density at radius 2 is 2.03 bits per heavy atom. The van der Waals surface area contributed by atoms with Crippen LogP contribution in [0.2, 0.25) is 0 Å². The average molecular weight is 405 g/mol. The van der Waals surface area contributed by atoms with Crippen LogP contribution in [0.5, 0.6) is 0 Å². The van der Waals surface area contributed by atoms with Crippen LogP contribution < -0.4 is 0 Å². The topological polar surface area (TPSA) is 52.2 Å². The molecule has 158 valence electrons. The van der Waals surface area contributed by atoms with E-state index < -0.39 is 0 Å². The molecule has 1 aliphatic rings. The molecule has 0 radical (unpaired) electrons. The Morgan fingerprint density at radius 3 is 2.77 bits per heavy atom. The highest BCUT2D eigenvalue weighted by Gasteiger charge is 2.24. The van der Waals surface area contributed by atoms with E-state index in [4.69, 9.17) is 0 Å². The molecule has 1 aromatic carbocycles. The molecule has 30 heavy (non-hydrogen) atoms. The minimum absolute atomic E-state index is 0.264. The summed E-state index contributed by atoms with van der Waals surface area (Å²) in [6.07, 6.45) is 6.27. The highest BCUT2D eigenvalue weighted by Crippen LogP contribution is 2.31. The number of rotatable bonds is 6. The third kappa shape index (κ3) is 4.41. The molecular weight excluding hydrogens is 372 g/mol. The van der Waals surface area contributed by atoms with Crippen molar-refractivity contribution in [1.29, 1.82) is 0 Å². The van der Waals surface area contributed by atoms with Crippen molar-refractivity contribution < 1.29 is 4.79 Å². The summed E-state index contributed by atoms with van der Waals surface area (Å²) in [7, 11) is 4.13. The number of carbonyl (C=O) groups excluding carboxylic acids is 1. The van der Waals surface area contributed by atoms with Gasteiger partial charge in [0.05, 0.1) is 11.4 Å². The highest BCUT2D eigenvalue weighted by molar-refractivity contribution is 5.90. The smallest absolute Gasteiger partial charge is 0.222 e. The normalized spacial score (nSPS) is 15.6. The third-order valence-corrected chi connectivity index (χ3v) is 6.43. The van der Waals surface area contributed by atoms with Crippen molar-refractivity contribution >= 4 is 16.8 Å². The number of pyridine rings is 1. The Bertz CT molecular complexity index is 1000. The summed E-state index contributed by atoms with van der Waals surface area (Å²) in [6.45, 7) is 4.27. The van der Waals surface area contributed by atoms with Crippen molar-refractivity contribution in [3.63, 3.8) is 0 Å². The minimum atomic E-state index is 0.264. The quantitative estimate of drug-likeness (QED) is 0.662. The number of fused-ring (bicyclic) bond motifs is 1. The van der Waals surface area contributed by atoms with Crippen LogP contribution in [-0.2, 0) is 11.2 Å². The zero-order valence-electron chi connectivity index (χ0n) is 18.3. The van der Waals surface area contributed by atoms with Gasteiger partial charge in [-0.05, 0) is 82.6 Å². The summed E-state index contributed by atoms with van der Waals surface area (Å²) >= 11 is 0. The molecule has 1 N–H and O–H groups in total. The largest absolute Gasteiger partial charge is 0.353 e. The van der Waals surface area contributed by atoms with Gasteiger partial charge >= 0.3 is 0 Å². The predicted molar refractivity (Wildman–Crippen MR) is 122 cm³/mol. The monoisotopic (exact) mass is 404 g/mol. The lowest BCUT2D eigenvalue weighted by atomic mass is 10.00. The van der Waals surface area contributed by atoms with E-state index >= 15 is 0 Å². The fraction of sp³-hybridized carbons (Fsp3) is 0.440. The van der Waals surface area contributed by atoms with E-state index in [2.05, 4.69) is 47.0 Å². The van der Waals surface area contributed by atoms with Gasteiger partial charge in [0.15, 0.2) is 0 Å². The number of carbonyl (C=O) groups is 1. The number of aromatic amines is 1. The fourth-order valence-corrected chi connectivity index (χ4v) is 4.53. The lowest BCUT2D eigenvalue weighted by Crippen LogP contribution is -2.44. The Morgan fingerprint density at radius 1 is 1.23 bits per heavy atom. The van der Waals surface area contributed by atoms with Crippen molar-refractivity contribution in [3.8, 4) is 11.4 Å². The van der Waals surface area contributed by atoms with Crippen LogP contribution in [0.15, 0.2) is 42.6 Å². The minimum Gasteiger partial charge on any atom is -0.353 e. The van der Waals surface area contributed by atoms with Crippen molar-refractivity contribution in [3.05, 3.63) is 53.7 Å². The maximum absolute atomic E-state index is 12.8. The number of aromatic nitrogens is 2. The number of hydrogen-bond donors (Lipinski definition) is 1. The molecule has 0 atom stereocenters. The molecule has 1 aliphatic heterocycles. The molecule has 1 saturated heterocycles. The van der Waals surface area contributed by atoms with Gasteiger partial charge in [-0.2, -0.15) is 0 Å². The lowest BCUT2D eigenvalue weighted by molar-refractivity contribution is -0.132. The summed E-state index contributed by atoms with van der Waals surface area (Å²) in [5, 5.41) is 1.24. The van der Waals surface area contributed by atoms with Crippen LogP contribution in [0.1, 0.15) is 36.8 Å². The first-order valence-corrected chi connectivity index (χ1v) is 11.0. The third-order valence-electron chi connectivity index (χ3n) is 6.43. The first-order chi connectivity index (χ1) is 14.5. The molecule has 0 bridgehead atoms. The van der Waals surface area contributed by atoms with Gasteiger partial charge < -0.3 is 14.8 Å². The van der Waals surface area contributed by atoms with Gasteiger partial charge in [0.1, 0.15) is 0 Å². The average Bonchev–Trinajstić information content (AvgIpc) is 3.12. The summed E-state index contributed by atoms with van der Waals surface area (Å²) < 4.78 is 0. The number of piperidine rings is 1. The SMILES string of the molecule is Cc1ccc2[nH]c(-c3ccccn3)c(CCCC(=O)N(C)C3CCN(C)CC3)c2c1. The van der Waals surface area contributed by atoms with Gasteiger partial charge in [0.25, 0.3) is 0 Å². The van der Waals surface area contributed by atoms with E-state index in [1.54, 1.807) is 0 Å². The molecule has 1 fully saturated rings. The fourth-order valence-electron chi connectivity index (χ4n) is 4.53. The van der Waals surface area contributed by atoms with E-state index in [-0.39, 0.29) is 5.91 Å². The molecule has 4 rings (SSSR count). The molecule has 0 saturated carbocycles. The predicted octanol–water partition coefficient (Wildman–Crippen LogP) is 4.41. The molecule has 0 aliphatic carbocycles. The molecule has 5 nitrogen and oxygen atoms in total. The Balaban J connectivity index is 1.48. The number of amides is 1. The lowest BCUT2D eigenvalue weighted by Gasteiger charge is -2.35. The summed E-state index contributed by atoms with van der Waals surface area (Å²) in [4.78, 5) is 25.3. The van der Waals surface area contributed by atoms with Crippen LogP contribution in [0, 0.1) is 6.92 Å². The molecule has 5 heteroatoms. The van der Waals surface area contributed by atoms with Gasteiger partial charge in [0.2, 0.25) is 5.91 Å². The molecule has 2 aromatic heterocycles. The van der Waals surface area contributed by atoms with Gasteiger partial charge in [-0.25, -0.2) is 0 Å². The number of hydrogen-bond acceptors (Lipinski definition) is 3. The van der Waals surface area contributed by atoms with E-state index in [0.29, 0.717) is 12.5 Å². The van der Waals surface area contributed by atoms with Crippen molar-refractivity contribution in [2.24, 2.45) is 0 Å². The van der Waals surface area contributed by atoms with Gasteiger partial charge in [-0.3, -0.25) is 9.78 Å². The summed E-state index contributed by atoms with van der Waals surface area (Å²) in [5.74, 6) is 0.264. The second-order valence-corrected chi connectivity index (χ2v) is 8.64. The number of aryl methyl sites for hydroxylation is 2. The standard InChI is InChI=1S/C25H32N4O/c1-18-10-11-22-21(17-18)20(25(27-22)23-8-4-5-14-26-23)7-6-9-24(30)29(3)19-12-15-28(2)16-13-19/h4-5,8,10-11,14,17,19,27H,6-7,9,12-13,15-16H2,1-3H3. The van der Waals surface area contributed by atoms with Gasteiger partial charge in [-0.15, -0.1) is 0 Å². The molecule has 1 amide bonds. The number of nitrogens with one attached hydrogen (secondary N) is 1. The van der Waals surface area contributed by atoms with Gasteiger partial charge in [-0.1, -0.05) is 17.7 Å². The van der Waals surface area contributed by atoms with E-state index in [0.717, 1.165) is 55.7 Å². The van der Waals surface area contributed by atoms with E-state index in [9.17, 15) is 4.79 Å². The Hall–Kier alpha value is -2.66. The van der Waals surface area contributed by atoms with Gasteiger partial charge in [0, 0.05) is 36.6 Å². The van der Waals surface area contributed by atoms with E-state index in [1.807, 2.05) is 36.3 Å². The zero-order valence-corrected chi connectivity index (χ0v) is 18.3. The number of H-pyrrole nitrogens is 1.